The summed E-state index contributed by atoms with van der Waals surface area (Å²) >= 11 is 6.15. The van der Waals surface area contributed by atoms with Crippen LogP contribution in [0.3, 0.4) is 0 Å². The van der Waals surface area contributed by atoms with Gasteiger partial charge in [-0.2, -0.15) is 0 Å². The van der Waals surface area contributed by atoms with E-state index in [0.717, 1.165) is 11.0 Å². The number of para-hydroxylation sites is 2. The van der Waals surface area contributed by atoms with Crippen LogP contribution in [0.1, 0.15) is 24.4 Å². The lowest BCUT2D eigenvalue weighted by molar-refractivity contribution is -0.148. The highest BCUT2D eigenvalue weighted by Crippen LogP contribution is 2.27. The summed E-state index contributed by atoms with van der Waals surface area (Å²) in [7, 11) is 1.54. The molecule has 0 saturated carbocycles. The topological polar surface area (TPSA) is 64.2 Å². The SMILES string of the molecule is COc1cccc(Cl)c1CC(=O)OC(C)c1nc2ccccc2[nH]1. The van der Waals surface area contributed by atoms with Crippen molar-refractivity contribution in [1.82, 2.24) is 9.97 Å². The number of rotatable bonds is 5. The Hall–Kier alpha value is -2.53. The second-order valence-electron chi connectivity index (χ2n) is 5.37. The first-order valence-corrected chi connectivity index (χ1v) is 7.91. The monoisotopic (exact) mass is 344 g/mol. The van der Waals surface area contributed by atoms with Crippen LogP contribution in [0.5, 0.6) is 5.75 Å². The van der Waals surface area contributed by atoms with Gasteiger partial charge in [0.05, 0.1) is 24.6 Å². The van der Waals surface area contributed by atoms with Crippen LogP contribution in [0.15, 0.2) is 42.5 Å². The Morgan fingerprint density at radius 2 is 2.04 bits per heavy atom. The maximum Gasteiger partial charge on any atom is 0.311 e. The van der Waals surface area contributed by atoms with Gasteiger partial charge in [0.25, 0.3) is 0 Å². The zero-order chi connectivity index (χ0) is 17.1. The molecule has 0 aliphatic rings. The predicted molar refractivity (Wildman–Crippen MR) is 92.3 cm³/mol. The van der Waals surface area contributed by atoms with Gasteiger partial charge in [-0.15, -0.1) is 0 Å². The third kappa shape index (κ3) is 3.36. The van der Waals surface area contributed by atoms with E-state index in [0.29, 0.717) is 22.2 Å². The lowest BCUT2D eigenvalue weighted by Crippen LogP contribution is -2.13. The Labute approximate surface area is 144 Å². The number of aromatic amines is 1. The number of carbonyl (C=O) groups is 1. The molecule has 0 amide bonds. The molecule has 2 aromatic carbocycles. The zero-order valence-corrected chi connectivity index (χ0v) is 14.1. The Kier molecular flexibility index (Phi) is 4.71. The smallest absolute Gasteiger partial charge is 0.311 e. The van der Waals surface area contributed by atoms with Gasteiger partial charge in [0, 0.05) is 10.6 Å². The van der Waals surface area contributed by atoms with E-state index in [1.165, 1.54) is 7.11 Å². The van der Waals surface area contributed by atoms with E-state index in [1.807, 2.05) is 24.3 Å². The normalized spacial score (nSPS) is 12.1. The number of nitrogens with one attached hydrogen (secondary N) is 1. The van der Waals surface area contributed by atoms with E-state index in [4.69, 9.17) is 21.1 Å². The maximum absolute atomic E-state index is 12.3. The van der Waals surface area contributed by atoms with E-state index in [2.05, 4.69) is 9.97 Å². The van der Waals surface area contributed by atoms with E-state index in [1.54, 1.807) is 25.1 Å². The molecule has 3 rings (SSSR count). The number of nitrogens with zero attached hydrogens (tertiary/aromatic N) is 1. The van der Waals surface area contributed by atoms with Crippen molar-refractivity contribution in [3.63, 3.8) is 0 Å². The highest BCUT2D eigenvalue weighted by atomic mass is 35.5. The summed E-state index contributed by atoms with van der Waals surface area (Å²) in [5.74, 6) is 0.779. The number of hydrogen-bond donors (Lipinski definition) is 1. The van der Waals surface area contributed by atoms with Crippen molar-refractivity contribution in [3.8, 4) is 5.75 Å². The minimum atomic E-state index is -0.488. The van der Waals surface area contributed by atoms with Gasteiger partial charge in [-0.05, 0) is 31.2 Å². The largest absolute Gasteiger partial charge is 0.496 e. The van der Waals surface area contributed by atoms with Crippen LogP contribution in [-0.4, -0.2) is 23.0 Å². The molecule has 0 bridgehead atoms. The van der Waals surface area contributed by atoms with Crippen LogP contribution < -0.4 is 4.74 Å². The molecular formula is C18H17ClN2O3. The van der Waals surface area contributed by atoms with Gasteiger partial charge in [-0.1, -0.05) is 29.8 Å². The summed E-state index contributed by atoms with van der Waals surface area (Å²) in [5, 5.41) is 0.475. The van der Waals surface area contributed by atoms with Crippen molar-refractivity contribution in [2.24, 2.45) is 0 Å². The van der Waals surface area contributed by atoms with Crippen LogP contribution in [0.2, 0.25) is 5.02 Å². The second kappa shape index (κ2) is 6.93. The molecule has 3 aromatic rings. The maximum atomic E-state index is 12.3. The molecule has 5 nitrogen and oxygen atoms in total. The number of halogens is 1. The van der Waals surface area contributed by atoms with Crippen molar-refractivity contribution in [1.29, 1.82) is 0 Å². The van der Waals surface area contributed by atoms with Crippen LogP contribution in [0.25, 0.3) is 11.0 Å². The molecule has 1 aromatic heterocycles. The molecule has 0 saturated heterocycles. The van der Waals surface area contributed by atoms with E-state index >= 15 is 0 Å². The van der Waals surface area contributed by atoms with E-state index < -0.39 is 12.1 Å². The molecule has 0 spiro atoms. The zero-order valence-electron chi connectivity index (χ0n) is 13.4. The Bertz CT molecular complexity index is 843. The van der Waals surface area contributed by atoms with Crippen molar-refractivity contribution >= 4 is 28.6 Å². The number of carbonyl (C=O) groups excluding carboxylic acids is 1. The lowest BCUT2D eigenvalue weighted by Gasteiger charge is -2.13. The molecular weight excluding hydrogens is 328 g/mol. The van der Waals surface area contributed by atoms with E-state index in [-0.39, 0.29) is 6.42 Å². The average Bonchev–Trinajstić information content (AvgIpc) is 3.01. The highest BCUT2D eigenvalue weighted by molar-refractivity contribution is 6.31. The summed E-state index contributed by atoms with van der Waals surface area (Å²) in [6.07, 6.45) is -0.452. The van der Waals surface area contributed by atoms with Crippen molar-refractivity contribution in [2.45, 2.75) is 19.4 Å². The number of ether oxygens (including phenoxy) is 2. The predicted octanol–water partition coefficient (Wildman–Crippen LogP) is 4.07. The molecule has 1 N–H and O–H groups in total. The fourth-order valence-corrected chi connectivity index (χ4v) is 2.74. The third-order valence-electron chi connectivity index (χ3n) is 3.72. The standard InChI is InChI=1S/C18H17ClN2O3/c1-11(18-20-14-7-3-4-8-15(14)21-18)24-17(22)10-12-13(19)6-5-9-16(12)23-2/h3-9,11H,10H2,1-2H3,(H,20,21). The molecule has 0 aliphatic heterocycles. The van der Waals surface area contributed by atoms with Gasteiger partial charge in [0.15, 0.2) is 6.10 Å². The van der Waals surface area contributed by atoms with Gasteiger partial charge < -0.3 is 14.5 Å². The quantitative estimate of drug-likeness (QED) is 0.708. The fourth-order valence-electron chi connectivity index (χ4n) is 2.51. The summed E-state index contributed by atoms with van der Waals surface area (Å²) in [4.78, 5) is 19.9. The number of imidazole rings is 1. The minimum Gasteiger partial charge on any atom is -0.496 e. The Morgan fingerprint density at radius 1 is 1.25 bits per heavy atom. The Balaban J connectivity index is 1.73. The van der Waals surface area contributed by atoms with Gasteiger partial charge in [-0.25, -0.2) is 4.98 Å². The molecule has 1 unspecified atom stereocenters. The second-order valence-corrected chi connectivity index (χ2v) is 5.78. The molecule has 1 atom stereocenters. The van der Waals surface area contributed by atoms with Crippen LogP contribution in [0, 0.1) is 0 Å². The first kappa shape index (κ1) is 16.3. The summed E-state index contributed by atoms with van der Waals surface area (Å²) in [6, 6.07) is 12.9. The van der Waals surface area contributed by atoms with Gasteiger partial charge in [-0.3, -0.25) is 4.79 Å². The average molecular weight is 345 g/mol. The number of methoxy groups -OCH3 is 1. The van der Waals surface area contributed by atoms with Crippen LogP contribution >= 0.6 is 11.6 Å². The molecule has 0 aliphatic carbocycles. The summed E-state index contributed by atoms with van der Waals surface area (Å²) < 4.78 is 10.7. The molecule has 124 valence electrons. The number of esters is 1. The number of fused-ring (bicyclic) bond motifs is 1. The first-order valence-electron chi connectivity index (χ1n) is 7.54. The molecule has 6 heteroatoms. The number of H-pyrrole nitrogens is 1. The molecule has 1 heterocycles. The molecule has 24 heavy (non-hydrogen) atoms. The number of aromatic nitrogens is 2. The van der Waals surface area contributed by atoms with Gasteiger partial charge in [0.2, 0.25) is 0 Å². The molecule has 0 radical (unpaired) electrons. The van der Waals surface area contributed by atoms with Crippen LogP contribution in [-0.2, 0) is 16.0 Å². The number of benzene rings is 2. The summed E-state index contributed by atoms with van der Waals surface area (Å²) in [6.45, 7) is 1.78. The highest BCUT2D eigenvalue weighted by Gasteiger charge is 2.18. The van der Waals surface area contributed by atoms with E-state index in [9.17, 15) is 4.79 Å². The first-order chi connectivity index (χ1) is 11.6. The van der Waals surface area contributed by atoms with Crippen molar-refractivity contribution in [3.05, 3.63) is 58.9 Å². The number of hydrogen-bond acceptors (Lipinski definition) is 4. The Morgan fingerprint density at radius 3 is 2.79 bits per heavy atom. The fraction of sp³-hybridized carbons (Fsp3) is 0.222. The van der Waals surface area contributed by atoms with Gasteiger partial charge in [0.1, 0.15) is 11.6 Å². The third-order valence-corrected chi connectivity index (χ3v) is 4.07. The summed E-state index contributed by atoms with van der Waals surface area (Å²) in [5.41, 5.74) is 2.36. The lowest BCUT2D eigenvalue weighted by atomic mass is 10.1. The minimum absolute atomic E-state index is 0.0351. The van der Waals surface area contributed by atoms with Crippen molar-refractivity contribution in [2.75, 3.05) is 7.11 Å². The van der Waals surface area contributed by atoms with Crippen LogP contribution in [0.4, 0.5) is 0 Å². The van der Waals surface area contributed by atoms with Crippen molar-refractivity contribution < 1.29 is 14.3 Å². The van der Waals surface area contributed by atoms with Gasteiger partial charge >= 0.3 is 5.97 Å². The molecule has 0 fully saturated rings.